The van der Waals surface area contributed by atoms with Gasteiger partial charge in [0.1, 0.15) is 0 Å². The number of hydrogen-bond acceptors (Lipinski definition) is 0. The molecule has 0 nitrogen and oxygen atoms in total. The average molecular weight is 301 g/mol. The largest absolute Gasteiger partial charge is 0.330 e. The fourth-order valence-corrected chi connectivity index (χ4v) is 2.90. The monoisotopic (exact) mass is 300 g/mol. The van der Waals surface area contributed by atoms with Crippen LogP contribution >= 0.6 is 11.6 Å². The Morgan fingerprint density at radius 3 is 2.25 bits per heavy atom. The molecule has 0 aliphatic rings. The van der Waals surface area contributed by atoms with Crippen LogP contribution in [-0.2, 0) is 6.42 Å². The highest BCUT2D eigenvalue weighted by Crippen LogP contribution is 2.49. The van der Waals surface area contributed by atoms with Crippen LogP contribution in [0.4, 0.5) is 8.78 Å². The second-order valence-corrected chi connectivity index (χ2v) is 6.21. The predicted octanol–water partition coefficient (Wildman–Crippen LogP) is 6.06. The minimum absolute atomic E-state index is 0.159. The number of alkyl halides is 3. The summed E-state index contributed by atoms with van der Waals surface area (Å²) >= 11 is 5.46. The molecule has 1 aromatic rings. The van der Waals surface area contributed by atoms with Crippen LogP contribution in [0, 0.1) is 11.3 Å². The molecule has 0 aliphatic carbocycles. The zero-order chi connectivity index (χ0) is 15.2. The van der Waals surface area contributed by atoms with Gasteiger partial charge < -0.3 is 0 Å². The molecule has 0 heterocycles. The van der Waals surface area contributed by atoms with Crippen LogP contribution in [0.1, 0.15) is 39.2 Å². The summed E-state index contributed by atoms with van der Waals surface area (Å²) in [6.07, 6.45) is 4.59. The van der Waals surface area contributed by atoms with Crippen molar-refractivity contribution in [1.82, 2.24) is 0 Å². The minimum atomic E-state index is -3.24. The maximum Gasteiger partial charge on any atom is 0.330 e. The first-order chi connectivity index (χ1) is 9.31. The van der Waals surface area contributed by atoms with Crippen molar-refractivity contribution in [3.63, 3.8) is 0 Å². The molecule has 3 heteroatoms. The first kappa shape index (κ1) is 17.2. The van der Waals surface area contributed by atoms with Gasteiger partial charge in [0, 0.05) is 0 Å². The van der Waals surface area contributed by atoms with E-state index in [9.17, 15) is 8.78 Å². The topological polar surface area (TPSA) is 0 Å². The zero-order valence-electron chi connectivity index (χ0n) is 12.4. The van der Waals surface area contributed by atoms with Gasteiger partial charge in [0.05, 0.1) is 5.41 Å². The predicted molar refractivity (Wildman–Crippen MR) is 82.3 cm³/mol. The highest BCUT2D eigenvalue weighted by molar-refractivity contribution is 6.22. The van der Waals surface area contributed by atoms with Crippen LogP contribution in [0.15, 0.2) is 42.5 Å². The van der Waals surface area contributed by atoms with Crippen molar-refractivity contribution in [2.45, 2.75) is 45.4 Å². The first-order valence-corrected chi connectivity index (χ1v) is 7.43. The maximum absolute atomic E-state index is 14.0. The summed E-state index contributed by atoms with van der Waals surface area (Å²) in [5.74, 6) is 0.159. The van der Waals surface area contributed by atoms with Crippen molar-refractivity contribution in [3.05, 3.63) is 48.0 Å². The van der Waals surface area contributed by atoms with Crippen molar-refractivity contribution in [1.29, 1.82) is 0 Å². The summed E-state index contributed by atoms with van der Waals surface area (Å²) in [5.41, 5.74) is -0.223. The smallest absolute Gasteiger partial charge is 0.187 e. The lowest BCUT2D eigenvalue weighted by molar-refractivity contribution is -0.0343. The van der Waals surface area contributed by atoms with E-state index in [1.165, 1.54) is 0 Å². The molecule has 0 saturated carbocycles. The Bertz CT molecular complexity index is 420. The number of rotatable bonds is 7. The van der Waals surface area contributed by atoms with E-state index < -0.39 is 10.8 Å². The molecule has 0 radical (unpaired) electrons. The first-order valence-electron chi connectivity index (χ1n) is 7.05. The number of allylic oxidation sites excluding steroid dienone is 2. The third-order valence-electron chi connectivity index (χ3n) is 3.53. The van der Waals surface area contributed by atoms with Gasteiger partial charge in [-0.15, -0.1) is 0 Å². The molecule has 1 aromatic carbocycles. The standard InChI is InChI=1S/C17H23ClF2/c1-4-11-16(13-14(2)3,17(18,19)20)12-10-15-8-6-5-7-9-15/h4-9,11,14H,10,12-13H2,1-3H3/b11-4+. The number of hydrogen-bond donors (Lipinski definition) is 0. The second-order valence-electron chi connectivity index (χ2n) is 5.74. The number of aryl methyl sites for hydroxylation is 1. The van der Waals surface area contributed by atoms with Crippen molar-refractivity contribution in [2.24, 2.45) is 11.3 Å². The van der Waals surface area contributed by atoms with Gasteiger partial charge in [0.2, 0.25) is 0 Å². The van der Waals surface area contributed by atoms with Gasteiger partial charge in [-0.1, -0.05) is 56.3 Å². The summed E-state index contributed by atoms with van der Waals surface area (Å²) in [6, 6.07) is 9.69. The van der Waals surface area contributed by atoms with E-state index in [1.54, 1.807) is 19.1 Å². The summed E-state index contributed by atoms with van der Waals surface area (Å²) in [4.78, 5) is 0. The van der Waals surface area contributed by atoms with Crippen LogP contribution in [0.25, 0.3) is 0 Å². The van der Waals surface area contributed by atoms with Gasteiger partial charge in [0.15, 0.2) is 0 Å². The fraction of sp³-hybridized carbons (Fsp3) is 0.529. The third-order valence-corrected chi connectivity index (χ3v) is 3.90. The third kappa shape index (κ3) is 4.59. The van der Waals surface area contributed by atoms with E-state index in [0.717, 1.165) is 5.56 Å². The average Bonchev–Trinajstić information content (AvgIpc) is 2.35. The highest BCUT2D eigenvalue weighted by atomic mass is 35.5. The molecule has 0 spiro atoms. The molecule has 20 heavy (non-hydrogen) atoms. The van der Waals surface area contributed by atoms with E-state index in [4.69, 9.17) is 11.6 Å². The maximum atomic E-state index is 14.0. The van der Waals surface area contributed by atoms with Crippen molar-refractivity contribution < 1.29 is 8.78 Å². The molecule has 0 saturated heterocycles. The SMILES string of the molecule is C/C=C/C(CCc1ccccc1)(CC(C)C)C(F)(F)Cl. The lowest BCUT2D eigenvalue weighted by Crippen LogP contribution is -2.37. The van der Waals surface area contributed by atoms with E-state index in [-0.39, 0.29) is 5.92 Å². The van der Waals surface area contributed by atoms with Crippen molar-refractivity contribution >= 4 is 11.6 Å². The molecule has 0 N–H and O–H groups in total. The van der Waals surface area contributed by atoms with Crippen LogP contribution < -0.4 is 0 Å². The molecular weight excluding hydrogens is 278 g/mol. The number of benzene rings is 1. The molecule has 0 amide bonds. The van der Waals surface area contributed by atoms with E-state index >= 15 is 0 Å². The van der Waals surface area contributed by atoms with Crippen LogP contribution in [-0.4, -0.2) is 5.38 Å². The second kappa shape index (κ2) is 7.21. The van der Waals surface area contributed by atoms with E-state index in [1.807, 2.05) is 44.2 Å². The quantitative estimate of drug-likeness (QED) is 0.424. The van der Waals surface area contributed by atoms with E-state index in [0.29, 0.717) is 19.3 Å². The van der Waals surface area contributed by atoms with Gasteiger partial charge in [0.25, 0.3) is 0 Å². The molecule has 0 aromatic heterocycles. The Morgan fingerprint density at radius 1 is 1.20 bits per heavy atom. The van der Waals surface area contributed by atoms with E-state index in [2.05, 4.69) is 0 Å². The Labute approximate surface area is 125 Å². The Morgan fingerprint density at radius 2 is 1.80 bits per heavy atom. The van der Waals surface area contributed by atoms with Crippen LogP contribution in [0.3, 0.4) is 0 Å². The molecule has 1 rings (SSSR count). The van der Waals surface area contributed by atoms with Gasteiger partial charge in [-0.25, -0.2) is 0 Å². The fourth-order valence-electron chi connectivity index (χ4n) is 2.67. The summed E-state index contributed by atoms with van der Waals surface area (Å²) in [5, 5.41) is -3.24. The van der Waals surface area contributed by atoms with Crippen molar-refractivity contribution in [3.8, 4) is 0 Å². The molecule has 0 fully saturated rings. The molecule has 0 bridgehead atoms. The Balaban J connectivity index is 2.97. The lowest BCUT2D eigenvalue weighted by Gasteiger charge is -2.36. The molecule has 1 unspecified atom stereocenters. The van der Waals surface area contributed by atoms with Crippen molar-refractivity contribution in [2.75, 3.05) is 0 Å². The molecule has 0 aliphatic heterocycles. The molecule has 112 valence electrons. The zero-order valence-corrected chi connectivity index (χ0v) is 13.1. The summed E-state index contributed by atoms with van der Waals surface area (Å²) in [7, 11) is 0. The lowest BCUT2D eigenvalue weighted by atomic mass is 9.75. The summed E-state index contributed by atoms with van der Waals surface area (Å²) in [6.45, 7) is 5.66. The van der Waals surface area contributed by atoms with Crippen LogP contribution in [0.2, 0.25) is 0 Å². The normalized spacial score (nSPS) is 15.8. The van der Waals surface area contributed by atoms with Gasteiger partial charge in [-0.05, 0) is 49.3 Å². The van der Waals surface area contributed by atoms with Gasteiger partial charge in [-0.3, -0.25) is 0 Å². The van der Waals surface area contributed by atoms with Crippen LogP contribution in [0.5, 0.6) is 0 Å². The highest BCUT2D eigenvalue weighted by Gasteiger charge is 2.49. The van der Waals surface area contributed by atoms with Gasteiger partial charge >= 0.3 is 5.38 Å². The Hall–Kier alpha value is -0.890. The minimum Gasteiger partial charge on any atom is -0.187 e. The van der Waals surface area contributed by atoms with Gasteiger partial charge in [-0.2, -0.15) is 8.78 Å². The molecule has 1 atom stereocenters. The summed E-state index contributed by atoms with van der Waals surface area (Å²) < 4.78 is 28.0. The Kier molecular flexibility index (Phi) is 6.19. The molecular formula is C17H23ClF2. The number of halogens is 3.